The molecule has 3 N–H and O–H groups in total. The first-order valence-electron chi connectivity index (χ1n) is 2.84. The minimum Gasteiger partial charge on any atom is -0.396 e. The average molecular weight is 127 g/mol. The van der Waals surface area contributed by atoms with E-state index >= 15 is 0 Å². The van der Waals surface area contributed by atoms with Crippen molar-refractivity contribution in [3.8, 4) is 0 Å². The van der Waals surface area contributed by atoms with Gasteiger partial charge in [-0.2, -0.15) is 0 Å². The van der Waals surface area contributed by atoms with E-state index in [9.17, 15) is 4.79 Å². The predicted molar refractivity (Wildman–Crippen MR) is 32.4 cm³/mol. The highest BCUT2D eigenvalue weighted by atomic mass is 16.3. The molecule has 1 aliphatic carbocycles. The lowest BCUT2D eigenvalue weighted by molar-refractivity contribution is -0.122. The number of carbonyl (C=O) groups excluding carboxylic acids is 1. The van der Waals surface area contributed by atoms with E-state index in [-0.39, 0.29) is 24.3 Å². The van der Waals surface area contributed by atoms with Crippen LogP contribution in [0.4, 0.5) is 0 Å². The quantitative estimate of drug-likeness (QED) is 0.480. The van der Waals surface area contributed by atoms with Crippen molar-refractivity contribution in [2.24, 2.45) is 17.6 Å². The van der Waals surface area contributed by atoms with Crippen LogP contribution < -0.4 is 5.73 Å². The number of aliphatic hydroxyl groups excluding tert-OH is 1. The summed E-state index contributed by atoms with van der Waals surface area (Å²) < 4.78 is 0. The summed E-state index contributed by atoms with van der Waals surface area (Å²) in [5, 5.41) is 8.55. The highest BCUT2D eigenvalue weighted by Crippen LogP contribution is 2.23. The molecular weight excluding hydrogens is 118 g/mol. The Labute approximate surface area is 53.2 Å². The maximum absolute atomic E-state index is 10.4. The van der Waals surface area contributed by atoms with E-state index in [2.05, 4.69) is 0 Å². The van der Waals surface area contributed by atoms with Crippen molar-refractivity contribution in [1.82, 2.24) is 0 Å². The van der Waals surface area contributed by atoms with Crippen LogP contribution in [-0.2, 0) is 4.79 Å². The molecule has 0 unspecified atom stereocenters. The van der Waals surface area contributed by atoms with Gasteiger partial charge in [-0.3, -0.25) is 4.79 Å². The summed E-state index contributed by atoms with van der Waals surface area (Å²) in [6.45, 7) is 0.0180. The number of aliphatic hydroxyl groups is 1. The molecule has 0 aromatic heterocycles. The van der Waals surface area contributed by atoms with Crippen LogP contribution in [0.3, 0.4) is 0 Å². The van der Waals surface area contributed by atoms with Crippen LogP contribution in [0, 0.1) is 11.8 Å². The molecule has 1 aliphatic rings. The van der Waals surface area contributed by atoms with Crippen LogP contribution >= 0.6 is 0 Å². The first-order chi connectivity index (χ1) is 4.25. The van der Waals surface area contributed by atoms with Gasteiger partial charge in [-0.15, -0.1) is 0 Å². The summed E-state index contributed by atoms with van der Waals surface area (Å²) in [6, 6.07) is 0. The van der Waals surface area contributed by atoms with E-state index in [0.29, 0.717) is 0 Å². The summed E-state index contributed by atoms with van der Waals surface area (Å²) in [5.41, 5.74) is 4.96. The van der Waals surface area contributed by atoms with Crippen LogP contribution in [0.15, 0.2) is 12.2 Å². The van der Waals surface area contributed by atoms with E-state index in [1.54, 1.807) is 12.2 Å². The Morgan fingerprint density at radius 3 is 2.44 bits per heavy atom. The van der Waals surface area contributed by atoms with Crippen LogP contribution in [0.5, 0.6) is 0 Å². The number of rotatable bonds is 2. The van der Waals surface area contributed by atoms with Gasteiger partial charge in [0.15, 0.2) is 0 Å². The molecule has 3 heteroatoms. The van der Waals surface area contributed by atoms with Gasteiger partial charge < -0.3 is 10.8 Å². The van der Waals surface area contributed by atoms with Gasteiger partial charge in [-0.1, -0.05) is 12.2 Å². The predicted octanol–water partition coefficient (Wildman–Crippen LogP) is -0.734. The molecule has 2 atom stereocenters. The standard InChI is InChI=1S/C6H9NO2/c7-6(9)5-2-1-4(5)3-8/h1-2,4-5,8H,3H2,(H2,7,9)/t4-,5-/m0/s1. The molecule has 3 nitrogen and oxygen atoms in total. The molecule has 9 heavy (non-hydrogen) atoms. The minimum atomic E-state index is -0.350. The number of hydrogen-bond acceptors (Lipinski definition) is 2. The average Bonchev–Trinajstić information content (AvgIpc) is 1.61. The normalized spacial score (nSPS) is 31.7. The highest BCUT2D eigenvalue weighted by Gasteiger charge is 2.27. The Morgan fingerprint density at radius 2 is 2.33 bits per heavy atom. The molecule has 0 radical (unpaired) electrons. The molecule has 50 valence electrons. The molecule has 0 heterocycles. The van der Waals surface area contributed by atoms with E-state index in [1.807, 2.05) is 0 Å². The molecule has 0 saturated heterocycles. The van der Waals surface area contributed by atoms with Crippen molar-refractivity contribution < 1.29 is 9.90 Å². The largest absolute Gasteiger partial charge is 0.396 e. The van der Waals surface area contributed by atoms with Gasteiger partial charge in [-0.25, -0.2) is 0 Å². The fraction of sp³-hybridized carbons (Fsp3) is 0.500. The first-order valence-corrected chi connectivity index (χ1v) is 2.84. The lowest BCUT2D eigenvalue weighted by atomic mass is 9.82. The molecule has 1 rings (SSSR count). The van der Waals surface area contributed by atoms with Crippen molar-refractivity contribution in [2.75, 3.05) is 6.61 Å². The second-order valence-corrected chi connectivity index (χ2v) is 2.16. The zero-order chi connectivity index (χ0) is 6.85. The van der Waals surface area contributed by atoms with Crippen molar-refractivity contribution in [2.45, 2.75) is 0 Å². The number of nitrogens with two attached hydrogens (primary N) is 1. The SMILES string of the molecule is NC(=O)[C@H]1C=C[C@H]1CO. The van der Waals surface area contributed by atoms with Gasteiger partial charge in [0.2, 0.25) is 5.91 Å². The Morgan fingerprint density at radius 1 is 1.67 bits per heavy atom. The van der Waals surface area contributed by atoms with Crippen molar-refractivity contribution in [3.63, 3.8) is 0 Å². The summed E-state index contributed by atoms with van der Waals surface area (Å²) in [5.74, 6) is -0.603. The maximum Gasteiger partial charge on any atom is 0.225 e. The smallest absolute Gasteiger partial charge is 0.225 e. The number of hydrogen-bond donors (Lipinski definition) is 2. The second kappa shape index (κ2) is 2.19. The molecule has 0 saturated carbocycles. The molecule has 0 bridgehead atoms. The van der Waals surface area contributed by atoms with E-state index in [0.717, 1.165) is 0 Å². The lowest BCUT2D eigenvalue weighted by Gasteiger charge is -2.23. The van der Waals surface area contributed by atoms with E-state index in [4.69, 9.17) is 10.8 Å². The third-order valence-electron chi connectivity index (χ3n) is 1.57. The Balaban J connectivity index is 2.48. The summed E-state index contributed by atoms with van der Waals surface area (Å²) in [4.78, 5) is 10.4. The molecule has 0 aromatic carbocycles. The fourth-order valence-electron chi connectivity index (χ4n) is 0.860. The summed E-state index contributed by atoms with van der Waals surface area (Å²) in [7, 11) is 0. The molecule has 0 aromatic rings. The molecule has 0 aliphatic heterocycles. The van der Waals surface area contributed by atoms with Gasteiger partial charge in [0.1, 0.15) is 0 Å². The Hall–Kier alpha value is -0.830. The van der Waals surface area contributed by atoms with Crippen molar-refractivity contribution >= 4 is 5.91 Å². The number of amides is 1. The van der Waals surface area contributed by atoms with Gasteiger partial charge in [0.25, 0.3) is 0 Å². The third-order valence-corrected chi connectivity index (χ3v) is 1.57. The van der Waals surface area contributed by atoms with Gasteiger partial charge in [-0.05, 0) is 0 Å². The topological polar surface area (TPSA) is 63.3 Å². The Kier molecular flexibility index (Phi) is 1.53. The van der Waals surface area contributed by atoms with Crippen molar-refractivity contribution in [3.05, 3.63) is 12.2 Å². The van der Waals surface area contributed by atoms with Crippen LogP contribution in [0.2, 0.25) is 0 Å². The molecular formula is C6H9NO2. The summed E-state index contributed by atoms with van der Waals surface area (Å²) in [6.07, 6.45) is 3.50. The summed E-state index contributed by atoms with van der Waals surface area (Å²) >= 11 is 0. The van der Waals surface area contributed by atoms with Crippen molar-refractivity contribution in [1.29, 1.82) is 0 Å². The lowest BCUT2D eigenvalue weighted by Crippen LogP contribution is -2.34. The fourth-order valence-corrected chi connectivity index (χ4v) is 0.860. The Bertz CT molecular complexity index is 153. The maximum atomic E-state index is 10.4. The number of primary amides is 1. The van der Waals surface area contributed by atoms with E-state index < -0.39 is 0 Å². The van der Waals surface area contributed by atoms with Crippen LogP contribution in [0.25, 0.3) is 0 Å². The first kappa shape index (κ1) is 6.29. The number of carbonyl (C=O) groups is 1. The molecule has 0 spiro atoms. The van der Waals surface area contributed by atoms with Crippen LogP contribution in [0.1, 0.15) is 0 Å². The minimum absolute atomic E-state index is 0.0180. The van der Waals surface area contributed by atoms with Gasteiger partial charge in [0.05, 0.1) is 12.5 Å². The van der Waals surface area contributed by atoms with Gasteiger partial charge in [0, 0.05) is 5.92 Å². The van der Waals surface area contributed by atoms with E-state index in [1.165, 1.54) is 0 Å². The second-order valence-electron chi connectivity index (χ2n) is 2.16. The monoisotopic (exact) mass is 127 g/mol. The molecule has 0 fully saturated rings. The third kappa shape index (κ3) is 0.954. The highest BCUT2D eigenvalue weighted by molar-refractivity contribution is 5.80. The zero-order valence-electron chi connectivity index (χ0n) is 4.95. The van der Waals surface area contributed by atoms with Gasteiger partial charge >= 0.3 is 0 Å². The molecule has 1 amide bonds. The van der Waals surface area contributed by atoms with Crippen LogP contribution in [-0.4, -0.2) is 17.6 Å². The zero-order valence-corrected chi connectivity index (χ0v) is 4.95.